The third kappa shape index (κ3) is 7.85. The maximum atomic E-state index is 12.7. The molecular formula is C23H31ClN6O2S. The summed E-state index contributed by atoms with van der Waals surface area (Å²) in [6.45, 7) is 10.7. The van der Waals surface area contributed by atoms with Crippen molar-refractivity contribution >= 4 is 41.0 Å². The van der Waals surface area contributed by atoms with Crippen LogP contribution in [-0.2, 0) is 16.1 Å². The fraction of sp³-hybridized carbons (Fsp3) is 0.522. The highest BCUT2D eigenvalue weighted by molar-refractivity contribution is 7.99. The molecule has 0 spiro atoms. The van der Waals surface area contributed by atoms with Crippen molar-refractivity contribution in [2.24, 2.45) is 5.41 Å². The molecule has 3 rings (SSSR count). The Balaban J connectivity index is 1.55. The lowest BCUT2D eigenvalue weighted by molar-refractivity contribution is -0.135. The van der Waals surface area contributed by atoms with Gasteiger partial charge in [0.15, 0.2) is 5.16 Å². The summed E-state index contributed by atoms with van der Waals surface area (Å²) in [6, 6.07) is 5.54. The van der Waals surface area contributed by atoms with Crippen molar-refractivity contribution in [1.82, 2.24) is 25.2 Å². The van der Waals surface area contributed by atoms with Crippen molar-refractivity contribution < 1.29 is 9.59 Å². The third-order valence-corrected chi connectivity index (χ3v) is 6.20. The van der Waals surface area contributed by atoms with Crippen molar-refractivity contribution in [3.63, 3.8) is 0 Å². The van der Waals surface area contributed by atoms with Crippen LogP contribution in [0.2, 0.25) is 5.15 Å². The molecule has 1 aliphatic rings. The molecule has 33 heavy (non-hydrogen) atoms. The highest BCUT2D eigenvalue weighted by Crippen LogP contribution is 2.26. The monoisotopic (exact) mass is 490 g/mol. The Hall–Kier alpha value is -2.39. The van der Waals surface area contributed by atoms with Gasteiger partial charge in [0.25, 0.3) is 0 Å². The molecule has 0 aliphatic carbocycles. The summed E-state index contributed by atoms with van der Waals surface area (Å²) in [7, 11) is 0. The molecule has 0 aromatic carbocycles. The molecule has 1 unspecified atom stereocenters. The molecule has 1 saturated heterocycles. The first-order valence-corrected chi connectivity index (χ1v) is 12.3. The van der Waals surface area contributed by atoms with E-state index in [9.17, 15) is 9.59 Å². The Morgan fingerprint density at radius 2 is 2.06 bits per heavy atom. The highest BCUT2D eigenvalue weighted by atomic mass is 35.5. The van der Waals surface area contributed by atoms with E-state index in [0.29, 0.717) is 48.7 Å². The van der Waals surface area contributed by atoms with Crippen LogP contribution in [0.25, 0.3) is 0 Å². The first-order valence-electron chi connectivity index (χ1n) is 11.0. The van der Waals surface area contributed by atoms with Gasteiger partial charge in [-0.25, -0.2) is 9.97 Å². The van der Waals surface area contributed by atoms with Crippen LogP contribution < -0.4 is 10.2 Å². The van der Waals surface area contributed by atoms with Crippen LogP contribution in [0.4, 0.5) is 5.82 Å². The molecule has 2 aromatic heterocycles. The standard InChI is InChI=1S/C23H31ClN6O2S/c1-16-14-29(8-9-30(16)21(32)11-23(2,3)4)19-10-18(24)27-22(28-19)33-15-20(31)26-13-17-6-5-7-25-12-17/h5-7,10,12,16H,8-9,11,13-15H2,1-4H3,(H,26,31). The number of anilines is 1. The Morgan fingerprint density at radius 1 is 1.27 bits per heavy atom. The van der Waals surface area contributed by atoms with Gasteiger partial charge in [0.2, 0.25) is 11.8 Å². The van der Waals surface area contributed by atoms with Gasteiger partial charge in [-0.1, -0.05) is 50.2 Å². The largest absolute Gasteiger partial charge is 0.353 e. The maximum absolute atomic E-state index is 12.7. The minimum Gasteiger partial charge on any atom is -0.353 e. The fourth-order valence-electron chi connectivity index (χ4n) is 3.59. The maximum Gasteiger partial charge on any atom is 0.230 e. The zero-order valence-electron chi connectivity index (χ0n) is 19.5. The summed E-state index contributed by atoms with van der Waals surface area (Å²) in [5.74, 6) is 0.964. The van der Waals surface area contributed by atoms with E-state index in [2.05, 4.69) is 52.9 Å². The minimum atomic E-state index is -0.117. The van der Waals surface area contributed by atoms with Gasteiger partial charge < -0.3 is 15.1 Å². The fourth-order valence-corrected chi connectivity index (χ4v) is 4.50. The Bertz CT molecular complexity index is 969. The van der Waals surface area contributed by atoms with E-state index in [1.807, 2.05) is 17.0 Å². The van der Waals surface area contributed by atoms with E-state index >= 15 is 0 Å². The van der Waals surface area contributed by atoms with E-state index in [1.165, 1.54) is 11.8 Å². The topological polar surface area (TPSA) is 91.3 Å². The van der Waals surface area contributed by atoms with Gasteiger partial charge in [-0.05, 0) is 24.0 Å². The zero-order chi connectivity index (χ0) is 24.0. The summed E-state index contributed by atoms with van der Waals surface area (Å²) in [4.78, 5) is 41.9. The number of rotatable bonds is 7. The second kappa shape index (κ2) is 11.2. The average Bonchev–Trinajstić information content (AvgIpc) is 2.75. The molecule has 1 fully saturated rings. The van der Waals surface area contributed by atoms with Gasteiger partial charge >= 0.3 is 0 Å². The number of nitrogens with one attached hydrogen (secondary N) is 1. The second-order valence-corrected chi connectivity index (χ2v) is 10.7. The van der Waals surface area contributed by atoms with E-state index in [1.54, 1.807) is 18.5 Å². The predicted octanol–water partition coefficient (Wildman–Crippen LogP) is 3.41. The molecule has 8 nitrogen and oxygen atoms in total. The van der Waals surface area contributed by atoms with Crippen molar-refractivity contribution in [3.05, 3.63) is 41.3 Å². The smallest absolute Gasteiger partial charge is 0.230 e. The highest BCUT2D eigenvalue weighted by Gasteiger charge is 2.30. The molecule has 178 valence electrons. The van der Waals surface area contributed by atoms with Crippen molar-refractivity contribution in [2.75, 3.05) is 30.3 Å². The SMILES string of the molecule is CC1CN(c2cc(Cl)nc(SCC(=O)NCc3cccnc3)n2)CCN1C(=O)CC(C)(C)C. The number of carbonyl (C=O) groups is 2. The number of nitrogens with zero attached hydrogens (tertiary/aromatic N) is 5. The van der Waals surface area contributed by atoms with Crippen LogP contribution in [0.3, 0.4) is 0 Å². The van der Waals surface area contributed by atoms with Gasteiger partial charge in [-0.3, -0.25) is 14.6 Å². The molecule has 2 aromatic rings. The lowest BCUT2D eigenvalue weighted by Crippen LogP contribution is -2.54. The number of thioether (sulfide) groups is 1. The van der Waals surface area contributed by atoms with Crippen molar-refractivity contribution in [2.45, 2.75) is 51.9 Å². The van der Waals surface area contributed by atoms with Crippen molar-refractivity contribution in [3.8, 4) is 0 Å². The van der Waals surface area contributed by atoms with Crippen LogP contribution in [-0.4, -0.2) is 63.1 Å². The molecule has 0 radical (unpaired) electrons. The zero-order valence-corrected chi connectivity index (χ0v) is 21.1. The summed E-state index contributed by atoms with van der Waals surface area (Å²) in [6.07, 6.45) is 3.94. The summed E-state index contributed by atoms with van der Waals surface area (Å²) in [5, 5.41) is 3.65. The van der Waals surface area contributed by atoms with Gasteiger partial charge in [0, 0.05) is 57.1 Å². The number of aromatic nitrogens is 3. The molecule has 10 heteroatoms. The number of piperazine rings is 1. The van der Waals surface area contributed by atoms with Crippen molar-refractivity contribution in [1.29, 1.82) is 0 Å². The predicted molar refractivity (Wildman–Crippen MR) is 131 cm³/mol. The first kappa shape index (κ1) is 25.2. The lowest BCUT2D eigenvalue weighted by atomic mass is 9.91. The van der Waals surface area contributed by atoms with Crippen LogP contribution in [0.15, 0.2) is 35.7 Å². The van der Waals surface area contributed by atoms with E-state index in [4.69, 9.17) is 11.6 Å². The third-order valence-electron chi connectivity index (χ3n) is 5.16. The molecule has 1 aliphatic heterocycles. The molecule has 1 atom stereocenters. The number of halogens is 1. The van der Waals surface area contributed by atoms with Crippen LogP contribution >= 0.6 is 23.4 Å². The normalized spacial score (nSPS) is 16.6. The number of pyridine rings is 1. The molecule has 0 saturated carbocycles. The Kier molecular flexibility index (Phi) is 8.53. The van der Waals surface area contributed by atoms with Gasteiger partial charge in [0.1, 0.15) is 11.0 Å². The molecule has 1 N–H and O–H groups in total. The number of amides is 2. The number of hydrogen-bond donors (Lipinski definition) is 1. The number of carbonyl (C=O) groups excluding carboxylic acids is 2. The quantitative estimate of drug-likeness (QED) is 0.361. The van der Waals surface area contributed by atoms with Gasteiger partial charge in [-0.2, -0.15) is 0 Å². The van der Waals surface area contributed by atoms with Gasteiger partial charge in [-0.15, -0.1) is 0 Å². The average molecular weight is 491 g/mol. The summed E-state index contributed by atoms with van der Waals surface area (Å²) in [5.41, 5.74) is 0.899. The second-order valence-electron chi connectivity index (χ2n) is 9.38. The van der Waals surface area contributed by atoms with Gasteiger partial charge in [0.05, 0.1) is 5.75 Å². The van der Waals surface area contributed by atoms with E-state index < -0.39 is 0 Å². The van der Waals surface area contributed by atoms with E-state index in [-0.39, 0.29) is 29.0 Å². The molecule has 2 amide bonds. The number of hydrogen-bond acceptors (Lipinski definition) is 7. The Labute approximate surface area is 204 Å². The first-order chi connectivity index (χ1) is 15.6. The molecule has 0 bridgehead atoms. The summed E-state index contributed by atoms with van der Waals surface area (Å²) < 4.78 is 0. The van der Waals surface area contributed by atoms with Crippen LogP contribution in [0.1, 0.15) is 39.7 Å². The Morgan fingerprint density at radius 3 is 2.73 bits per heavy atom. The summed E-state index contributed by atoms with van der Waals surface area (Å²) >= 11 is 7.49. The minimum absolute atomic E-state index is 0.0372. The lowest BCUT2D eigenvalue weighted by Gasteiger charge is -2.41. The van der Waals surface area contributed by atoms with E-state index in [0.717, 1.165) is 5.56 Å². The molecular weight excluding hydrogens is 460 g/mol. The molecule has 3 heterocycles. The van der Waals surface area contributed by atoms with Crippen LogP contribution in [0, 0.1) is 5.41 Å². The van der Waals surface area contributed by atoms with Crippen LogP contribution in [0.5, 0.6) is 0 Å².